The molecule has 0 saturated heterocycles. The molecule has 1 aromatic rings. The molecule has 0 radical (unpaired) electrons. The Morgan fingerprint density at radius 1 is 1.53 bits per heavy atom. The highest BCUT2D eigenvalue weighted by molar-refractivity contribution is 5.89. The van der Waals surface area contributed by atoms with Crippen LogP contribution >= 0.6 is 0 Å². The first kappa shape index (κ1) is 11.1. The van der Waals surface area contributed by atoms with E-state index in [0.717, 1.165) is 6.21 Å². The van der Waals surface area contributed by atoms with Gasteiger partial charge in [-0.25, -0.2) is 4.39 Å². The van der Waals surface area contributed by atoms with E-state index in [1.807, 2.05) is 0 Å². The number of hydrogen-bond acceptors (Lipinski definition) is 3. The summed E-state index contributed by atoms with van der Waals surface area (Å²) in [6.45, 7) is 0. The Bertz CT molecular complexity index is 413. The van der Waals surface area contributed by atoms with Gasteiger partial charge < -0.3 is 10.7 Å². The van der Waals surface area contributed by atoms with Crippen molar-refractivity contribution in [3.05, 3.63) is 41.2 Å². The molecule has 0 bridgehead atoms. The van der Waals surface area contributed by atoms with Gasteiger partial charge in [0.25, 0.3) is 0 Å². The first-order chi connectivity index (χ1) is 7.22. The van der Waals surface area contributed by atoms with Crippen LogP contribution in [-0.2, 0) is 0 Å². The zero-order chi connectivity index (χ0) is 11.3. The lowest BCUT2D eigenvalue weighted by atomic mass is 10.0. The molecule has 0 aliphatic carbocycles. The van der Waals surface area contributed by atoms with Crippen LogP contribution in [0.1, 0.15) is 15.9 Å². The number of nitrogens with one attached hydrogen (secondary N) is 2. The maximum atomic E-state index is 13.0. The van der Waals surface area contributed by atoms with E-state index in [1.54, 1.807) is 7.05 Å². The molecule has 0 spiro atoms. The molecule has 78 valence electrons. The van der Waals surface area contributed by atoms with Crippen LogP contribution in [-0.4, -0.2) is 19.5 Å². The van der Waals surface area contributed by atoms with Gasteiger partial charge in [-0.3, -0.25) is 4.79 Å². The minimum atomic E-state index is -0.415. The van der Waals surface area contributed by atoms with Crippen LogP contribution in [0.4, 0.5) is 4.39 Å². The lowest BCUT2D eigenvalue weighted by Gasteiger charge is -2.08. The number of benzene rings is 1. The number of hydrogen-bond donors (Lipinski definition) is 2. The van der Waals surface area contributed by atoms with Crippen molar-refractivity contribution in [2.75, 3.05) is 7.05 Å². The molecular weight excluding hydrogens is 195 g/mol. The summed E-state index contributed by atoms with van der Waals surface area (Å²) in [7, 11) is 1.65. The van der Waals surface area contributed by atoms with Crippen molar-refractivity contribution in [2.45, 2.75) is 0 Å². The fraction of sp³-hybridized carbons (Fsp3) is 0.0909. The second-order valence-corrected chi connectivity index (χ2v) is 2.85. The fourth-order valence-corrected chi connectivity index (χ4v) is 1.26. The molecule has 0 unspecified atom stereocenters. The summed E-state index contributed by atoms with van der Waals surface area (Å²) >= 11 is 0. The number of allylic oxidation sites excluding steroid dienone is 1. The molecule has 4 heteroatoms. The smallest absolute Gasteiger partial charge is 0.150 e. The van der Waals surface area contributed by atoms with Gasteiger partial charge in [-0.1, -0.05) is 0 Å². The van der Waals surface area contributed by atoms with E-state index in [-0.39, 0.29) is 0 Å². The zero-order valence-corrected chi connectivity index (χ0v) is 8.25. The van der Waals surface area contributed by atoms with Crippen molar-refractivity contribution in [1.29, 1.82) is 5.41 Å². The standard InChI is InChI=1S/C11H11FN2O/c1-14-11(4-5-13)10-6-9(12)3-2-8(10)7-15/h2-7,13-14H,1H3/b11-4-,13-5?. The Morgan fingerprint density at radius 3 is 2.80 bits per heavy atom. The summed E-state index contributed by atoms with van der Waals surface area (Å²) in [6, 6.07) is 3.90. The van der Waals surface area contributed by atoms with E-state index in [4.69, 9.17) is 5.41 Å². The van der Waals surface area contributed by atoms with Crippen LogP contribution in [0.25, 0.3) is 5.70 Å². The monoisotopic (exact) mass is 206 g/mol. The van der Waals surface area contributed by atoms with Crippen molar-refractivity contribution in [1.82, 2.24) is 5.32 Å². The van der Waals surface area contributed by atoms with E-state index in [0.29, 0.717) is 23.1 Å². The molecule has 0 aliphatic rings. The van der Waals surface area contributed by atoms with Gasteiger partial charge in [-0.05, 0) is 24.3 Å². The number of rotatable bonds is 4. The van der Waals surface area contributed by atoms with E-state index >= 15 is 0 Å². The van der Waals surface area contributed by atoms with E-state index < -0.39 is 5.82 Å². The van der Waals surface area contributed by atoms with Crippen molar-refractivity contribution in [2.24, 2.45) is 0 Å². The van der Waals surface area contributed by atoms with Crippen molar-refractivity contribution >= 4 is 18.2 Å². The number of carbonyl (C=O) groups excluding carboxylic acids is 1. The molecule has 0 atom stereocenters. The van der Waals surface area contributed by atoms with Crippen LogP contribution in [0.3, 0.4) is 0 Å². The Balaban J connectivity index is 3.32. The Labute approximate surface area is 87.1 Å². The predicted molar refractivity (Wildman–Crippen MR) is 57.6 cm³/mol. The third-order valence-electron chi connectivity index (χ3n) is 1.95. The van der Waals surface area contributed by atoms with Gasteiger partial charge in [-0.15, -0.1) is 0 Å². The molecule has 0 fully saturated rings. The summed E-state index contributed by atoms with van der Waals surface area (Å²) in [6.07, 6.45) is 3.19. The van der Waals surface area contributed by atoms with Crippen LogP contribution in [0, 0.1) is 11.2 Å². The van der Waals surface area contributed by atoms with Gasteiger partial charge in [0.15, 0.2) is 6.29 Å². The molecule has 1 aromatic carbocycles. The zero-order valence-electron chi connectivity index (χ0n) is 8.25. The maximum absolute atomic E-state index is 13.0. The first-order valence-corrected chi connectivity index (χ1v) is 4.36. The first-order valence-electron chi connectivity index (χ1n) is 4.36. The van der Waals surface area contributed by atoms with Gasteiger partial charge >= 0.3 is 0 Å². The van der Waals surface area contributed by atoms with Gasteiger partial charge in [0.2, 0.25) is 0 Å². The molecule has 3 nitrogen and oxygen atoms in total. The maximum Gasteiger partial charge on any atom is 0.150 e. The van der Waals surface area contributed by atoms with Crippen molar-refractivity contribution in [3.8, 4) is 0 Å². The Morgan fingerprint density at radius 2 is 2.27 bits per heavy atom. The molecule has 0 heterocycles. The lowest BCUT2D eigenvalue weighted by Crippen LogP contribution is -2.07. The summed E-state index contributed by atoms with van der Waals surface area (Å²) in [5, 5.41) is 9.75. The van der Waals surface area contributed by atoms with Gasteiger partial charge in [-0.2, -0.15) is 0 Å². The quantitative estimate of drug-likeness (QED) is 0.583. The summed E-state index contributed by atoms with van der Waals surface area (Å²) in [4.78, 5) is 10.7. The average Bonchev–Trinajstić information content (AvgIpc) is 2.26. The minimum Gasteiger partial charge on any atom is -0.388 e. The molecule has 1 rings (SSSR count). The molecular formula is C11H11FN2O. The van der Waals surface area contributed by atoms with Crippen LogP contribution in [0.15, 0.2) is 24.3 Å². The van der Waals surface area contributed by atoms with E-state index in [9.17, 15) is 9.18 Å². The number of aldehydes is 1. The molecule has 0 saturated carbocycles. The lowest BCUT2D eigenvalue weighted by molar-refractivity contribution is 0.112. The Hall–Kier alpha value is -1.97. The molecule has 15 heavy (non-hydrogen) atoms. The second-order valence-electron chi connectivity index (χ2n) is 2.85. The molecule has 0 aromatic heterocycles. The average molecular weight is 206 g/mol. The summed E-state index contributed by atoms with van der Waals surface area (Å²) in [5.74, 6) is -0.415. The van der Waals surface area contributed by atoms with Crippen LogP contribution < -0.4 is 5.32 Å². The van der Waals surface area contributed by atoms with Crippen molar-refractivity contribution in [3.63, 3.8) is 0 Å². The van der Waals surface area contributed by atoms with Gasteiger partial charge in [0.1, 0.15) is 5.82 Å². The predicted octanol–water partition coefficient (Wildman–Crippen LogP) is 1.85. The molecule has 0 aliphatic heterocycles. The third kappa shape index (κ3) is 2.49. The van der Waals surface area contributed by atoms with Gasteiger partial charge in [0, 0.05) is 30.1 Å². The number of halogens is 1. The van der Waals surface area contributed by atoms with Crippen molar-refractivity contribution < 1.29 is 9.18 Å². The highest BCUT2D eigenvalue weighted by Crippen LogP contribution is 2.16. The highest BCUT2D eigenvalue weighted by atomic mass is 19.1. The SMILES string of the molecule is CN/C(=C\C=N)c1cc(F)ccc1C=O. The number of carbonyl (C=O) groups is 1. The molecule has 0 amide bonds. The van der Waals surface area contributed by atoms with Crippen LogP contribution in [0.2, 0.25) is 0 Å². The van der Waals surface area contributed by atoms with Gasteiger partial charge in [0.05, 0.1) is 0 Å². The summed E-state index contributed by atoms with van der Waals surface area (Å²) in [5.41, 5.74) is 1.38. The summed E-state index contributed by atoms with van der Waals surface area (Å²) < 4.78 is 13.0. The Kier molecular flexibility index (Phi) is 3.74. The van der Waals surface area contributed by atoms with E-state index in [2.05, 4.69) is 5.32 Å². The molecule has 2 N–H and O–H groups in total. The van der Waals surface area contributed by atoms with Crippen LogP contribution in [0.5, 0.6) is 0 Å². The fourth-order valence-electron chi connectivity index (χ4n) is 1.26. The minimum absolute atomic E-state index is 0.388. The highest BCUT2D eigenvalue weighted by Gasteiger charge is 2.06. The third-order valence-corrected chi connectivity index (χ3v) is 1.95. The van der Waals surface area contributed by atoms with E-state index in [1.165, 1.54) is 24.3 Å². The largest absolute Gasteiger partial charge is 0.388 e. The normalized spacial score (nSPS) is 10.9. The second kappa shape index (κ2) is 5.05. The topological polar surface area (TPSA) is 53.0 Å².